The summed E-state index contributed by atoms with van der Waals surface area (Å²) in [5.74, 6) is -1.44. The summed E-state index contributed by atoms with van der Waals surface area (Å²) < 4.78 is 42.9. The molecule has 0 aliphatic heterocycles. The summed E-state index contributed by atoms with van der Waals surface area (Å²) >= 11 is 0. The molecular weight excluding hydrogens is 577 g/mol. The molecule has 0 fully saturated rings. The molecule has 4 rings (SSSR count). The molecule has 230 valence electrons. The molecule has 0 aromatic heterocycles. The Balaban J connectivity index is 1.79. The number of carbonyl (C=O) groups is 2. The van der Waals surface area contributed by atoms with E-state index in [0.29, 0.717) is 6.42 Å². The number of rotatable bonds is 13. The van der Waals surface area contributed by atoms with E-state index < -0.39 is 34.3 Å². The van der Waals surface area contributed by atoms with Gasteiger partial charge in [-0.15, -0.1) is 0 Å². The van der Waals surface area contributed by atoms with Gasteiger partial charge in [0.1, 0.15) is 18.4 Å². The summed E-state index contributed by atoms with van der Waals surface area (Å²) in [6.45, 7) is 5.17. The van der Waals surface area contributed by atoms with Gasteiger partial charge in [-0.25, -0.2) is 12.8 Å². The Bertz CT molecular complexity index is 1630. The first-order valence-electron chi connectivity index (χ1n) is 14.6. The van der Waals surface area contributed by atoms with E-state index in [1.54, 1.807) is 12.1 Å². The number of anilines is 1. The molecule has 0 aliphatic rings. The smallest absolute Gasteiger partial charge is 0.264 e. The molecule has 0 aliphatic carbocycles. The molecule has 0 bridgehead atoms. The van der Waals surface area contributed by atoms with Gasteiger partial charge in [0, 0.05) is 19.0 Å². The van der Waals surface area contributed by atoms with Gasteiger partial charge in [-0.2, -0.15) is 0 Å². The van der Waals surface area contributed by atoms with E-state index in [2.05, 4.69) is 5.32 Å². The lowest BCUT2D eigenvalue weighted by molar-refractivity contribution is -0.140. The molecule has 0 saturated heterocycles. The summed E-state index contributed by atoms with van der Waals surface area (Å²) in [5.41, 5.74) is 2.64. The number of sulfonamides is 1. The van der Waals surface area contributed by atoms with Crippen molar-refractivity contribution in [1.82, 2.24) is 10.2 Å². The second-order valence-corrected chi connectivity index (χ2v) is 12.7. The van der Waals surface area contributed by atoms with Crippen LogP contribution < -0.4 is 9.62 Å². The standard InChI is InChI=1S/C35H38FN3O4S/c1-4-27(3)37-35(41)33(23-28-11-7-5-8-12-28)38(24-29-13-9-6-10-14-29)34(40)25-39(31-19-17-30(36)18-20-31)44(42,43)32-21-15-26(2)16-22-32/h5-22,27,33H,4,23-25H2,1-3H3,(H,37,41)/t27-,33-/m0/s1. The molecule has 4 aromatic carbocycles. The second kappa shape index (κ2) is 14.8. The van der Waals surface area contributed by atoms with E-state index in [9.17, 15) is 22.4 Å². The predicted octanol–water partition coefficient (Wildman–Crippen LogP) is 5.88. The number of aryl methyl sites for hydroxylation is 1. The number of carbonyl (C=O) groups excluding carboxylic acids is 2. The van der Waals surface area contributed by atoms with Crippen LogP contribution in [0.1, 0.15) is 37.0 Å². The Morgan fingerprint density at radius 2 is 1.39 bits per heavy atom. The molecule has 44 heavy (non-hydrogen) atoms. The highest BCUT2D eigenvalue weighted by Crippen LogP contribution is 2.26. The number of nitrogens with one attached hydrogen (secondary N) is 1. The second-order valence-electron chi connectivity index (χ2n) is 10.8. The maximum Gasteiger partial charge on any atom is 0.264 e. The van der Waals surface area contributed by atoms with Crippen molar-refractivity contribution in [3.63, 3.8) is 0 Å². The number of nitrogens with zero attached hydrogens (tertiary/aromatic N) is 2. The summed E-state index contributed by atoms with van der Waals surface area (Å²) in [7, 11) is -4.25. The van der Waals surface area contributed by atoms with Crippen molar-refractivity contribution in [2.75, 3.05) is 10.8 Å². The van der Waals surface area contributed by atoms with Crippen LogP contribution >= 0.6 is 0 Å². The minimum Gasteiger partial charge on any atom is -0.352 e. The average Bonchev–Trinajstić information content (AvgIpc) is 3.03. The summed E-state index contributed by atoms with van der Waals surface area (Å²) in [4.78, 5) is 29.6. The number of halogens is 1. The van der Waals surface area contributed by atoms with Crippen molar-refractivity contribution in [3.05, 3.63) is 132 Å². The molecule has 9 heteroatoms. The lowest BCUT2D eigenvalue weighted by Crippen LogP contribution is -2.54. The first-order valence-corrected chi connectivity index (χ1v) is 16.0. The molecule has 0 spiro atoms. The van der Waals surface area contributed by atoms with Gasteiger partial charge in [-0.05, 0) is 67.8 Å². The highest BCUT2D eigenvalue weighted by molar-refractivity contribution is 7.92. The molecule has 2 atom stereocenters. The molecule has 0 saturated carbocycles. The van der Waals surface area contributed by atoms with Gasteiger partial charge in [0.2, 0.25) is 11.8 Å². The molecule has 0 heterocycles. The third kappa shape index (κ3) is 8.32. The van der Waals surface area contributed by atoms with E-state index in [-0.39, 0.29) is 35.5 Å². The Kier molecular flexibility index (Phi) is 10.9. The Labute approximate surface area is 259 Å². The predicted molar refractivity (Wildman–Crippen MR) is 171 cm³/mol. The SMILES string of the molecule is CC[C@H](C)NC(=O)[C@H](Cc1ccccc1)N(Cc1ccccc1)C(=O)CN(c1ccc(F)cc1)S(=O)(=O)c1ccc(C)cc1. The first-order chi connectivity index (χ1) is 21.1. The van der Waals surface area contributed by atoms with E-state index in [4.69, 9.17) is 0 Å². The zero-order valence-electron chi connectivity index (χ0n) is 25.2. The Morgan fingerprint density at radius 1 is 0.818 bits per heavy atom. The van der Waals surface area contributed by atoms with Gasteiger partial charge < -0.3 is 10.2 Å². The van der Waals surface area contributed by atoms with Crippen molar-refractivity contribution in [2.24, 2.45) is 0 Å². The fraction of sp³-hybridized carbons (Fsp3) is 0.257. The Hall–Kier alpha value is -4.50. The van der Waals surface area contributed by atoms with Gasteiger partial charge in [0.25, 0.3) is 10.0 Å². The molecule has 0 unspecified atom stereocenters. The Morgan fingerprint density at radius 3 is 1.95 bits per heavy atom. The van der Waals surface area contributed by atoms with Crippen LogP contribution in [0.15, 0.2) is 114 Å². The van der Waals surface area contributed by atoms with Crippen LogP contribution in [0, 0.1) is 12.7 Å². The lowest BCUT2D eigenvalue weighted by Gasteiger charge is -2.34. The van der Waals surface area contributed by atoms with Crippen molar-refractivity contribution in [3.8, 4) is 0 Å². The zero-order valence-corrected chi connectivity index (χ0v) is 26.0. The molecule has 2 amide bonds. The lowest BCUT2D eigenvalue weighted by atomic mass is 10.0. The van der Waals surface area contributed by atoms with Crippen LogP contribution in [-0.4, -0.2) is 43.8 Å². The van der Waals surface area contributed by atoms with Gasteiger partial charge >= 0.3 is 0 Å². The molecule has 1 N–H and O–H groups in total. The number of hydrogen-bond donors (Lipinski definition) is 1. The van der Waals surface area contributed by atoms with Crippen molar-refractivity contribution in [2.45, 2.75) is 57.1 Å². The van der Waals surface area contributed by atoms with E-state index >= 15 is 0 Å². The van der Waals surface area contributed by atoms with Crippen molar-refractivity contribution < 1.29 is 22.4 Å². The zero-order chi connectivity index (χ0) is 31.7. The summed E-state index contributed by atoms with van der Waals surface area (Å²) in [6, 6.07) is 28.8. The number of benzene rings is 4. The minimum absolute atomic E-state index is 0.00909. The fourth-order valence-electron chi connectivity index (χ4n) is 4.75. The molecular formula is C35H38FN3O4S. The first kappa shape index (κ1) is 32.4. The van der Waals surface area contributed by atoms with Gasteiger partial charge in [0.15, 0.2) is 0 Å². The topological polar surface area (TPSA) is 86.8 Å². The van der Waals surface area contributed by atoms with Gasteiger partial charge in [-0.1, -0.05) is 85.3 Å². The fourth-order valence-corrected chi connectivity index (χ4v) is 6.16. The molecule has 4 aromatic rings. The maximum absolute atomic E-state index is 14.4. The summed E-state index contributed by atoms with van der Waals surface area (Å²) in [6.07, 6.45) is 0.923. The van der Waals surface area contributed by atoms with Crippen LogP contribution in [-0.2, 0) is 32.6 Å². The highest BCUT2D eigenvalue weighted by Gasteiger charge is 2.35. The third-order valence-corrected chi connectivity index (χ3v) is 9.26. The molecule has 7 nitrogen and oxygen atoms in total. The van der Waals surface area contributed by atoms with Crippen molar-refractivity contribution in [1.29, 1.82) is 0 Å². The third-order valence-electron chi connectivity index (χ3n) is 7.47. The number of amides is 2. The van der Waals surface area contributed by atoms with Crippen LogP contribution in [0.5, 0.6) is 0 Å². The van der Waals surface area contributed by atoms with E-state index in [1.807, 2.05) is 81.4 Å². The minimum atomic E-state index is -4.25. The molecule has 0 radical (unpaired) electrons. The monoisotopic (exact) mass is 615 g/mol. The van der Waals surface area contributed by atoms with Crippen LogP contribution in [0.4, 0.5) is 10.1 Å². The normalized spacial score (nSPS) is 12.6. The average molecular weight is 616 g/mol. The maximum atomic E-state index is 14.4. The van der Waals surface area contributed by atoms with E-state index in [1.165, 1.54) is 29.2 Å². The van der Waals surface area contributed by atoms with Crippen molar-refractivity contribution >= 4 is 27.5 Å². The van der Waals surface area contributed by atoms with Gasteiger partial charge in [0.05, 0.1) is 10.6 Å². The largest absolute Gasteiger partial charge is 0.352 e. The van der Waals surface area contributed by atoms with Crippen LogP contribution in [0.25, 0.3) is 0 Å². The van der Waals surface area contributed by atoms with Gasteiger partial charge in [-0.3, -0.25) is 13.9 Å². The quantitative estimate of drug-likeness (QED) is 0.203. The number of hydrogen-bond acceptors (Lipinski definition) is 4. The summed E-state index contributed by atoms with van der Waals surface area (Å²) in [5, 5.41) is 3.02. The van der Waals surface area contributed by atoms with Crippen LogP contribution in [0.2, 0.25) is 0 Å². The van der Waals surface area contributed by atoms with Crippen LogP contribution in [0.3, 0.4) is 0 Å². The van der Waals surface area contributed by atoms with E-state index in [0.717, 1.165) is 33.1 Å². The highest BCUT2D eigenvalue weighted by atomic mass is 32.2.